The van der Waals surface area contributed by atoms with Crippen molar-refractivity contribution >= 4 is 81.9 Å². The Kier molecular flexibility index (Phi) is 33.9. The molecule has 0 saturated heterocycles. The van der Waals surface area contributed by atoms with Crippen molar-refractivity contribution in [2.45, 2.75) is 94.3 Å². The Labute approximate surface area is 519 Å². The van der Waals surface area contributed by atoms with Gasteiger partial charge in [0.15, 0.2) is 17.7 Å². The van der Waals surface area contributed by atoms with E-state index in [-0.39, 0.29) is 26.3 Å². The zero-order valence-electron chi connectivity index (χ0n) is 47.0. The Morgan fingerprint density at radius 2 is 0.819 bits per heavy atom. The van der Waals surface area contributed by atoms with Crippen LogP contribution in [0.3, 0.4) is 0 Å². The largest absolute Gasteiger partial charge is 0.461 e. The predicted octanol–water partition coefficient (Wildman–Crippen LogP) is 12.0. The molecule has 2 N–H and O–H groups in total. The number of rotatable bonds is 23. The van der Waals surface area contributed by atoms with Crippen molar-refractivity contribution in [3.63, 3.8) is 0 Å². The molecular weight excluding hydrogens is 1330 g/mol. The number of esters is 2. The quantitative estimate of drug-likeness (QED) is 0.0449. The van der Waals surface area contributed by atoms with Gasteiger partial charge in [0.1, 0.15) is 5.69 Å². The number of carbonyl (C=O) groups is 3. The summed E-state index contributed by atoms with van der Waals surface area (Å²) in [5.41, 5.74) is 9.23. The van der Waals surface area contributed by atoms with Crippen molar-refractivity contribution in [2.24, 2.45) is 0 Å². The van der Waals surface area contributed by atoms with E-state index < -0.39 is 11.9 Å². The molecular formula is C60H74Br4N8O11. The maximum Gasteiger partial charge on any atom is 0.358 e. The highest BCUT2D eigenvalue weighted by molar-refractivity contribution is 9.11. The molecule has 23 heteroatoms. The van der Waals surface area contributed by atoms with Gasteiger partial charge in [-0.2, -0.15) is 20.4 Å². The second-order valence-corrected chi connectivity index (χ2v) is 21.0. The van der Waals surface area contributed by atoms with E-state index in [0.29, 0.717) is 82.0 Å². The summed E-state index contributed by atoms with van der Waals surface area (Å²) in [6.07, 6.45) is 0.747. The first-order valence-corrected chi connectivity index (χ1v) is 29.1. The number of ether oxygens (including phenoxy) is 6. The Morgan fingerprint density at radius 3 is 1.14 bits per heavy atom. The van der Waals surface area contributed by atoms with Crippen LogP contribution >= 0.6 is 63.7 Å². The average molecular weight is 1400 g/mol. The third kappa shape index (κ3) is 25.0. The van der Waals surface area contributed by atoms with E-state index in [2.05, 4.69) is 90.2 Å². The van der Waals surface area contributed by atoms with Crippen molar-refractivity contribution < 1.29 is 53.0 Å². The van der Waals surface area contributed by atoms with Crippen molar-refractivity contribution in [1.29, 1.82) is 0 Å². The van der Waals surface area contributed by atoms with Gasteiger partial charge in [0, 0.05) is 52.4 Å². The van der Waals surface area contributed by atoms with E-state index in [1.165, 1.54) is 0 Å². The van der Waals surface area contributed by atoms with Crippen LogP contribution in [0, 0.1) is 0 Å². The van der Waals surface area contributed by atoms with Crippen LogP contribution in [0.4, 0.5) is 0 Å². The van der Waals surface area contributed by atoms with Crippen LogP contribution in [0.2, 0.25) is 0 Å². The Balaban J connectivity index is 0.000000281. The third-order valence-corrected chi connectivity index (χ3v) is 13.1. The van der Waals surface area contributed by atoms with Crippen molar-refractivity contribution in [2.75, 3.05) is 47.8 Å². The molecule has 0 radical (unpaired) electrons. The molecule has 0 spiro atoms. The molecule has 0 unspecified atom stereocenters. The second kappa shape index (κ2) is 39.5. The molecule has 0 bridgehead atoms. The van der Waals surface area contributed by atoms with Gasteiger partial charge in [-0.05, 0) is 123 Å². The summed E-state index contributed by atoms with van der Waals surface area (Å²) in [4.78, 5) is 34.2. The number of hydrogen-bond donors (Lipinski definition) is 2. The molecule has 83 heavy (non-hydrogen) atoms. The van der Waals surface area contributed by atoms with E-state index in [1.54, 1.807) is 67.4 Å². The van der Waals surface area contributed by atoms with E-state index in [0.717, 1.165) is 76.7 Å². The van der Waals surface area contributed by atoms with Crippen LogP contribution in [0.1, 0.15) is 117 Å². The fourth-order valence-electron chi connectivity index (χ4n) is 7.55. The lowest BCUT2D eigenvalue weighted by molar-refractivity contribution is 0.0509. The van der Waals surface area contributed by atoms with Gasteiger partial charge in [0.2, 0.25) is 0 Å². The molecule has 0 amide bonds. The predicted molar refractivity (Wildman–Crippen MR) is 332 cm³/mol. The Morgan fingerprint density at radius 1 is 0.470 bits per heavy atom. The molecule has 4 heterocycles. The molecule has 8 rings (SSSR count). The molecule has 0 saturated carbocycles. The van der Waals surface area contributed by atoms with Gasteiger partial charge in [-0.1, -0.05) is 120 Å². The standard InChI is InChI=1S/C15H17BrN2O3.C14H15BrN2O3.C13H15BrN2O2.C13H13BrN2O2.C4H10O.CH4/c1-3-21-15(19)14-8-13(10-20-2)18(17-14)9-11-5-4-6-12(16)7-11;1-2-20-14(19)13-7-12(9-18)17(16-13)8-10-4-3-5-11(15)6-10;2*1-18-9-13-6-12(8-17)15-16(13)7-10-3-2-4-11(14)5-10;1-3-5-4-2;/h4-8H,3,9-10H2,1-2H3;3-7,18H,2,8-9H2,1H3;2-6,17H,7-9H2,1H3;2-6,8H,7,9H2,1H3;3-4H2,1-2H3;1H4. The van der Waals surface area contributed by atoms with Crippen LogP contribution in [0.15, 0.2) is 139 Å². The fourth-order valence-corrected chi connectivity index (χ4v) is 9.34. The van der Waals surface area contributed by atoms with Crippen LogP contribution in [-0.2, 0) is 87.6 Å². The summed E-state index contributed by atoms with van der Waals surface area (Å²) in [6, 6.07) is 38.7. The minimum atomic E-state index is -0.477. The molecule has 0 aliphatic heterocycles. The highest BCUT2D eigenvalue weighted by atomic mass is 79.9. The van der Waals surface area contributed by atoms with E-state index in [4.69, 9.17) is 33.5 Å². The number of methoxy groups -OCH3 is 3. The van der Waals surface area contributed by atoms with Gasteiger partial charge in [0.05, 0.1) is 101 Å². The number of carbonyl (C=O) groups excluding carboxylic acids is 3. The normalized spacial score (nSPS) is 10.4. The van der Waals surface area contributed by atoms with Crippen molar-refractivity contribution in [3.8, 4) is 0 Å². The summed E-state index contributed by atoms with van der Waals surface area (Å²) in [6.45, 7) is 13.2. The number of hydrogen-bond acceptors (Lipinski definition) is 15. The highest BCUT2D eigenvalue weighted by Crippen LogP contribution is 2.19. The fraction of sp³-hybridized carbons (Fsp3) is 0.350. The van der Waals surface area contributed by atoms with Gasteiger partial charge in [0.25, 0.3) is 0 Å². The third-order valence-electron chi connectivity index (χ3n) is 11.1. The van der Waals surface area contributed by atoms with Crippen LogP contribution in [0.25, 0.3) is 0 Å². The number of benzene rings is 4. The van der Waals surface area contributed by atoms with Gasteiger partial charge >= 0.3 is 11.9 Å². The lowest BCUT2D eigenvalue weighted by Gasteiger charge is -2.07. The first-order valence-electron chi connectivity index (χ1n) is 25.9. The summed E-state index contributed by atoms with van der Waals surface area (Å²) in [5.74, 6) is -0.891. The Hall–Kier alpha value is -5.99. The van der Waals surface area contributed by atoms with E-state index >= 15 is 0 Å². The molecule has 8 aromatic rings. The molecule has 0 fully saturated rings. The van der Waals surface area contributed by atoms with Gasteiger partial charge in [-0.15, -0.1) is 0 Å². The maximum atomic E-state index is 11.8. The topological polar surface area (TPSA) is 218 Å². The average Bonchev–Trinajstić information content (AvgIpc) is 4.49. The number of aliphatic hydroxyl groups is 2. The van der Waals surface area contributed by atoms with Gasteiger partial charge < -0.3 is 38.6 Å². The summed E-state index contributed by atoms with van der Waals surface area (Å²) in [7, 11) is 4.88. The number of aliphatic hydroxyl groups excluding tert-OH is 2. The Bertz CT molecular complexity index is 3200. The molecule has 0 atom stereocenters. The SMILES string of the molecule is C.CCOC(=O)c1cc(CO)n(Cc2cccc(Br)c2)n1.CCOC(=O)c1cc(COC)n(Cc2cccc(Br)c2)n1.CCOCC.COCc1cc(C=O)nn1Cc1cccc(Br)c1.COCc1cc(CO)nn1Cc1cccc(Br)c1. The zero-order chi connectivity index (χ0) is 59.8. The van der Waals surface area contributed by atoms with Gasteiger partial charge in [-0.25, -0.2) is 9.59 Å². The lowest BCUT2D eigenvalue weighted by atomic mass is 10.2. The number of aromatic nitrogens is 8. The second-order valence-electron chi connectivity index (χ2n) is 17.3. The van der Waals surface area contributed by atoms with Crippen LogP contribution in [0.5, 0.6) is 0 Å². The zero-order valence-corrected chi connectivity index (χ0v) is 53.3. The molecule has 448 valence electrons. The smallest absolute Gasteiger partial charge is 0.358 e. The van der Waals surface area contributed by atoms with Crippen LogP contribution < -0.4 is 0 Å². The summed E-state index contributed by atoms with van der Waals surface area (Å²) < 4.78 is 41.2. The minimum Gasteiger partial charge on any atom is -0.461 e. The summed E-state index contributed by atoms with van der Waals surface area (Å²) >= 11 is 13.7. The molecule has 0 aliphatic carbocycles. The minimum absolute atomic E-state index is 0. The monoisotopic (exact) mass is 1400 g/mol. The summed E-state index contributed by atoms with van der Waals surface area (Å²) in [5, 5.41) is 35.6. The van der Waals surface area contributed by atoms with Crippen LogP contribution in [-0.4, -0.2) is 115 Å². The van der Waals surface area contributed by atoms with Gasteiger partial charge in [-0.3, -0.25) is 23.5 Å². The molecule has 0 aliphatic rings. The van der Waals surface area contributed by atoms with E-state index in [9.17, 15) is 19.5 Å². The number of aldehydes is 1. The number of nitrogens with zero attached hydrogens (tertiary/aromatic N) is 8. The first-order chi connectivity index (χ1) is 39.6. The number of halogens is 4. The van der Waals surface area contributed by atoms with Crippen molar-refractivity contribution in [3.05, 3.63) is 207 Å². The van der Waals surface area contributed by atoms with Crippen molar-refractivity contribution in [1.82, 2.24) is 39.1 Å². The molecule has 4 aromatic carbocycles. The first kappa shape index (κ1) is 71.3. The maximum absolute atomic E-state index is 11.8. The highest BCUT2D eigenvalue weighted by Gasteiger charge is 2.17. The molecule has 19 nitrogen and oxygen atoms in total. The lowest BCUT2D eigenvalue weighted by Crippen LogP contribution is -2.09. The molecule has 4 aromatic heterocycles. The van der Waals surface area contributed by atoms with E-state index in [1.807, 2.05) is 116 Å².